The van der Waals surface area contributed by atoms with Gasteiger partial charge in [0.15, 0.2) is 0 Å². The highest BCUT2D eigenvalue weighted by Gasteiger charge is 2.30. The molecule has 9 heavy (non-hydrogen) atoms. The van der Waals surface area contributed by atoms with Crippen molar-refractivity contribution in [1.29, 1.82) is 0 Å². The van der Waals surface area contributed by atoms with Gasteiger partial charge >= 0.3 is 0 Å². The lowest BCUT2D eigenvalue weighted by atomic mass is 10.0. The molecule has 0 heterocycles. The zero-order valence-corrected chi connectivity index (χ0v) is 5.52. The topological polar surface area (TPSA) is 34.1 Å². The number of rotatable bonds is 1. The Kier molecular flexibility index (Phi) is 1.65. The molecule has 0 radical (unpaired) electrons. The maximum Gasteiger partial charge on any atom is 0.143 e. The van der Waals surface area contributed by atoms with Crippen LogP contribution in [0.3, 0.4) is 0 Å². The summed E-state index contributed by atoms with van der Waals surface area (Å²) in [5, 5.41) is 0. The number of carbonyl (C=O) groups is 2. The van der Waals surface area contributed by atoms with E-state index in [1.54, 1.807) is 0 Å². The van der Waals surface area contributed by atoms with Gasteiger partial charge in [-0.15, -0.1) is 0 Å². The van der Waals surface area contributed by atoms with Crippen molar-refractivity contribution in [3.05, 3.63) is 0 Å². The average molecular weight is 126 g/mol. The molecule has 1 aliphatic rings. The third-order valence-corrected chi connectivity index (χ3v) is 1.80. The Balaban J connectivity index is 2.66. The first-order valence-corrected chi connectivity index (χ1v) is 3.31. The van der Waals surface area contributed by atoms with Gasteiger partial charge < -0.3 is 0 Å². The van der Waals surface area contributed by atoms with E-state index >= 15 is 0 Å². The largest absolute Gasteiger partial charge is 0.299 e. The third kappa shape index (κ3) is 1.02. The SMILES string of the molecule is CCC1C(=O)CCC1=O. The Morgan fingerprint density at radius 1 is 1.33 bits per heavy atom. The molecule has 0 aliphatic heterocycles. The maximum atomic E-state index is 10.8. The van der Waals surface area contributed by atoms with Crippen molar-refractivity contribution in [1.82, 2.24) is 0 Å². The minimum Gasteiger partial charge on any atom is -0.299 e. The summed E-state index contributed by atoms with van der Waals surface area (Å²) in [6.45, 7) is 1.88. The molecular formula is C7H10O2. The van der Waals surface area contributed by atoms with E-state index in [0.717, 1.165) is 0 Å². The van der Waals surface area contributed by atoms with Gasteiger partial charge in [0.2, 0.25) is 0 Å². The van der Waals surface area contributed by atoms with E-state index in [1.165, 1.54) is 0 Å². The summed E-state index contributed by atoms with van der Waals surface area (Å²) < 4.78 is 0. The second-order valence-electron chi connectivity index (χ2n) is 2.39. The molecule has 1 aliphatic carbocycles. The maximum absolute atomic E-state index is 10.8. The van der Waals surface area contributed by atoms with Crippen molar-refractivity contribution < 1.29 is 9.59 Å². The highest BCUT2D eigenvalue weighted by atomic mass is 16.2. The smallest absolute Gasteiger partial charge is 0.143 e. The van der Waals surface area contributed by atoms with E-state index in [2.05, 4.69) is 0 Å². The fraction of sp³-hybridized carbons (Fsp3) is 0.714. The van der Waals surface area contributed by atoms with Gasteiger partial charge in [-0.1, -0.05) is 6.92 Å². The Morgan fingerprint density at radius 3 is 2.00 bits per heavy atom. The van der Waals surface area contributed by atoms with Gasteiger partial charge in [-0.2, -0.15) is 0 Å². The molecule has 0 amide bonds. The summed E-state index contributed by atoms with van der Waals surface area (Å²) in [5.74, 6) is 0.0370. The Bertz CT molecular complexity index is 133. The third-order valence-electron chi connectivity index (χ3n) is 1.80. The first-order valence-electron chi connectivity index (χ1n) is 3.31. The zero-order chi connectivity index (χ0) is 6.85. The summed E-state index contributed by atoms with van der Waals surface area (Å²) in [6.07, 6.45) is 1.66. The van der Waals surface area contributed by atoms with Gasteiger partial charge in [0.1, 0.15) is 11.6 Å². The lowest BCUT2D eigenvalue weighted by molar-refractivity contribution is -0.127. The van der Waals surface area contributed by atoms with Gasteiger partial charge in [0.25, 0.3) is 0 Å². The lowest BCUT2D eigenvalue weighted by Crippen LogP contribution is -2.12. The average Bonchev–Trinajstić information content (AvgIpc) is 2.12. The van der Waals surface area contributed by atoms with E-state index in [-0.39, 0.29) is 17.5 Å². The second-order valence-corrected chi connectivity index (χ2v) is 2.39. The van der Waals surface area contributed by atoms with Crippen LogP contribution < -0.4 is 0 Å². The standard InChI is InChI=1S/C7H10O2/c1-2-5-6(8)3-4-7(5)9/h5H,2-4H2,1H3. The summed E-state index contributed by atoms with van der Waals surface area (Å²) in [7, 11) is 0. The predicted octanol–water partition coefficient (Wildman–Crippen LogP) is 0.945. The lowest BCUT2D eigenvalue weighted by Gasteiger charge is -1.98. The van der Waals surface area contributed by atoms with Gasteiger partial charge in [-0.3, -0.25) is 9.59 Å². The van der Waals surface area contributed by atoms with Crippen molar-refractivity contribution in [3.63, 3.8) is 0 Å². The van der Waals surface area contributed by atoms with Crippen LogP contribution in [0.15, 0.2) is 0 Å². The van der Waals surface area contributed by atoms with Crippen molar-refractivity contribution in [3.8, 4) is 0 Å². The second kappa shape index (κ2) is 2.29. The number of ketones is 2. The highest BCUT2D eigenvalue weighted by molar-refractivity contribution is 6.08. The molecule has 0 unspecified atom stereocenters. The number of hydrogen-bond donors (Lipinski definition) is 0. The molecule has 0 N–H and O–H groups in total. The molecule has 0 aromatic heterocycles. The van der Waals surface area contributed by atoms with Gasteiger partial charge in [-0.05, 0) is 6.42 Å². The van der Waals surface area contributed by atoms with E-state index in [0.29, 0.717) is 19.3 Å². The van der Waals surface area contributed by atoms with Crippen LogP contribution in [0.5, 0.6) is 0 Å². The molecule has 0 atom stereocenters. The van der Waals surface area contributed by atoms with Gasteiger partial charge in [0.05, 0.1) is 5.92 Å². The van der Waals surface area contributed by atoms with Crippen LogP contribution in [-0.2, 0) is 9.59 Å². The molecule has 1 rings (SSSR count). The molecule has 0 aromatic carbocycles. The van der Waals surface area contributed by atoms with Crippen LogP contribution in [-0.4, -0.2) is 11.6 Å². The van der Waals surface area contributed by atoms with E-state index in [4.69, 9.17) is 0 Å². The molecule has 0 saturated heterocycles. The molecule has 0 aromatic rings. The minimum absolute atomic E-state index is 0.141. The van der Waals surface area contributed by atoms with E-state index in [1.807, 2.05) is 6.92 Å². The van der Waals surface area contributed by atoms with Crippen LogP contribution >= 0.6 is 0 Å². The first kappa shape index (κ1) is 6.46. The fourth-order valence-electron chi connectivity index (χ4n) is 1.23. The number of hydrogen-bond acceptors (Lipinski definition) is 2. The van der Waals surface area contributed by atoms with E-state index < -0.39 is 0 Å². The fourth-order valence-corrected chi connectivity index (χ4v) is 1.23. The van der Waals surface area contributed by atoms with E-state index in [9.17, 15) is 9.59 Å². The Labute approximate surface area is 54.2 Å². The highest BCUT2D eigenvalue weighted by Crippen LogP contribution is 2.19. The Morgan fingerprint density at radius 2 is 1.78 bits per heavy atom. The molecular weight excluding hydrogens is 116 g/mol. The van der Waals surface area contributed by atoms with Crippen molar-refractivity contribution in [2.24, 2.45) is 5.92 Å². The van der Waals surface area contributed by atoms with Crippen LogP contribution in [0.1, 0.15) is 26.2 Å². The number of carbonyl (C=O) groups excluding carboxylic acids is 2. The molecule has 2 nitrogen and oxygen atoms in total. The van der Waals surface area contributed by atoms with Crippen LogP contribution in [0, 0.1) is 5.92 Å². The molecule has 1 fully saturated rings. The van der Waals surface area contributed by atoms with Crippen LogP contribution in [0.2, 0.25) is 0 Å². The number of Topliss-reactive ketones (excluding diaryl/α,β-unsaturated/α-hetero) is 2. The summed E-state index contributed by atoms with van der Waals surface area (Å²) >= 11 is 0. The van der Waals surface area contributed by atoms with Crippen molar-refractivity contribution in [2.75, 3.05) is 0 Å². The predicted molar refractivity (Wildman–Crippen MR) is 33.0 cm³/mol. The van der Waals surface area contributed by atoms with Crippen LogP contribution in [0.4, 0.5) is 0 Å². The molecule has 1 saturated carbocycles. The molecule has 2 heteroatoms. The first-order chi connectivity index (χ1) is 4.25. The zero-order valence-electron chi connectivity index (χ0n) is 5.52. The van der Waals surface area contributed by atoms with Crippen molar-refractivity contribution >= 4 is 11.6 Å². The van der Waals surface area contributed by atoms with Crippen LogP contribution in [0.25, 0.3) is 0 Å². The van der Waals surface area contributed by atoms with Gasteiger partial charge in [0, 0.05) is 12.8 Å². The summed E-state index contributed by atoms with van der Waals surface area (Å²) in [6, 6.07) is 0. The molecule has 0 spiro atoms. The Hall–Kier alpha value is -0.660. The summed E-state index contributed by atoms with van der Waals surface area (Å²) in [4.78, 5) is 21.6. The quantitative estimate of drug-likeness (QED) is 0.490. The minimum atomic E-state index is -0.245. The monoisotopic (exact) mass is 126 g/mol. The molecule has 0 bridgehead atoms. The van der Waals surface area contributed by atoms with Crippen molar-refractivity contribution in [2.45, 2.75) is 26.2 Å². The summed E-state index contributed by atoms with van der Waals surface area (Å²) in [5.41, 5.74) is 0. The van der Waals surface area contributed by atoms with Gasteiger partial charge in [-0.25, -0.2) is 0 Å². The molecule has 50 valence electrons. The normalized spacial score (nSPS) is 21.4.